The third kappa shape index (κ3) is 3.23. The van der Waals surface area contributed by atoms with Crippen molar-refractivity contribution in [3.63, 3.8) is 0 Å². The maximum absolute atomic E-state index is 12.4. The minimum atomic E-state index is -3.58. The molecule has 8 heteroatoms. The molecule has 1 aliphatic carbocycles. The normalized spacial score (nSPS) is 17.1. The number of rotatable bonds is 6. The summed E-state index contributed by atoms with van der Waals surface area (Å²) in [6.45, 7) is 5.72. The van der Waals surface area contributed by atoms with Gasteiger partial charge in [-0.2, -0.15) is 5.10 Å². The summed E-state index contributed by atoms with van der Waals surface area (Å²) in [5.41, 5.74) is 0.784. The number of sulfonamides is 1. The lowest BCUT2D eigenvalue weighted by atomic mass is 10.3. The third-order valence-electron chi connectivity index (χ3n) is 3.66. The van der Waals surface area contributed by atoms with E-state index in [2.05, 4.69) is 14.8 Å². The van der Waals surface area contributed by atoms with Gasteiger partial charge in [-0.05, 0) is 33.6 Å². The first-order chi connectivity index (χ1) is 10.4. The van der Waals surface area contributed by atoms with E-state index >= 15 is 0 Å². The number of nitrogens with one attached hydrogen (secondary N) is 1. The summed E-state index contributed by atoms with van der Waals surface area (Å²) in [5, 5.41) is 7.14. The Morgan fingerprint density at radius 1 is 1.36 bits per heavy atom. The molecule has 0 saturated heterocycles. The SMILES string of the molecule is CC(NS(=O)(=O)c1cnn(C(C)C)c1)c1csc(C2CC2)n1. The molecule has 1 N–H and O–H groups in total. The van der Waals surface area contributed by atoms with E-state index in [0.29, 0.717) is 5.92 Å². The summed E-state index contributed by atoms with van der Waals surface area (Å²) < 4.78 is 29.1. The van der Waals surface area contributed by atoms with Crippen molar-refractivity contribution in [2.75, 3.05) is 0 Å². The second-order valence-corrected chi connectivity index (χ2v) is 8.58. The molecular formula is C14H20N4O2S2. The van der Waals surface area contributed by atoms with Crippen LogP contribution in [0.25, 0.3) is 0 Å². The first-order valence-corrected chi connectivity index (χ1v) is 9.75. The van der Waals surface area contributed by atoms with Crippen LogP contribution in [0.4, 0.5) is 0 Å². The minimum absolute atomic E-state index is 0.126. The number of hydrogen-bond donors (Lipinski definition) is 1. The molecule has 1 fully saturated rings. The van der Waals surface area contributed by atoms with Gasteiger partial charge in [-0.1, -0.05) is 0 Å². The van der Waals surface area contributed by atoms with Crippen molar-refractivity contribution < 1.29 is 8.42 Å². The smallest absolute Gasteiger partial charge is 0.244 e. The van der Waals surface area contributed by atoms with Gasteiger partial charge in [-0.3, -0.25) is 4.68 Å². The molecule has 1 aliphatic rings. The molecular weight excluding hydrogens is 320 g/mol. The maximum atomic E-state index is 12.4. The number of thiazole rings is 1. The predicted molar refractivity (Wildman–Crippen MR) is 85.4 cm³/mol. The van der Waals surface area contributed by atoms with E-state index in [1.807, 2.05) is 26.2 Å². The largest absolute Gasteiger partial charge is 0.269 e. The van der Waals surface area contributed by atoms with E-state index in [1.54, 1.807) is 22.2 Å². The molecule has 1 saturated carbocycles. The third-order valence-corrected chi connectivity index (χ3v) is 6.18. The van der Waals surface area contributed by atoms with Crippen LogP contribution in [0, 0.1) is 0 Å². The van der Waals surface area contributed by atoms with Crippen molar-refractivity contribution in [2.24, 2.45) is 0 Å². The Morgan fingerprint density at radius 2 is 2.09 bits per heavy atom. The van der Waals surface area contributed by atoms with Gasteiger partial charge in [0, 0.05) is 23.5 Å². The predicted octanol–water partition coefficient (Wildman–Crippen LogP) is 2.84. The summed E-state index contributed by atoms with van der Waals surface area (Å²) >= 11 is 1.62. The molecule has 0 spiro atoms. The Balaban J connectivity index is 1.74. The molecule has 120 valence electrons. The first kappa shape index (κ1) is 15.6. The summed E-state index contributed by atoms with van der Waals surface area (Å²) in [6, 6.07) is -0.225. The van der Waals surface area contributed by atoms with Gasteiger partial charge in [0.15, 0.2) is 0 Å². The lowest BCUT2D eigenvalue weighted by Gasteiger charge is -2.11. The maximum Gasteiger partial charge on any atom is 0.244 e. The summed E-state index contributed by atoms with van der Waals surface area (Å²) in [6.07, 6.45) is 5.32. The van der Waals surface area contributed by atoms with Crippen molar-refractivity contribution in [3.8, 4) is 0 Å². The van der Waals surface area contributed by atoms with E-state index < -0.39 is 10.0 Å². The summed E-state index contributed by atoms with van der Waals surface area (Å²) in [4.78, 5) is 4.74. The highest BCUT2D eigenvalue weighted by Gasteiger charge is 2.28. The Hall–Kier alpha value is -1.25. The van der Waals surface area contributed by atoms with Gasteiger partial charge in [0.05, 0.1) is 22.9 Å². The lowest BCUT2D eigenvalue weighted by molar-refractivity contribution is 0.530. The zero-order valence-electron chi connectivity index (χ0n) is 12.9. The average molecular weight is 340 g/mol. The Morgan fingerprint density at radius 3 is 2.68 bits per heavy atom. The second-order valence-electron chi connectivity index (χ2n) is 5.98. The van der Waals surface area contributed by atoms with Crippen LogP contribution in [0.3, 0.4) is 0 Å². The first-order valence-electron chi connectivity index (χ1n) is 7.38. The highest BCUT2D eigenvalue weighted by molar-refractivity contribution is 7.89. The van der Waals surface area contributed by atoms with E-state index in [0.717, 1.165) is 10.7 Å². The standard InChI is InChI=1S/C14H20N4O2S2/c1-9(2)18-7-12(6-15-18)22(19,20)17-10(3)13-8-21-14(16-13)11-4-5-11/h6-11,17H,4-5H2,1-3H3. The summed E-state index contributed by atoms with van der Waals surface area (Å²) in [7, 11) is -3.58. The van der Waals surface area contributed by atoms with E-state index in [4.69, 9.17) is 0 Å². The number of hydrogen-bond acceptors (Lipinski definition) is 5. The molecule has 2 heterocycles. The van der Waals surface area contributed by atoms with Crippen LogP contribution in [0.1, 0.15) is 62.3 Å². The Kier molecular flexibility index (Phi) is 4.09. The topological polar surface area (TPSA) is 76.9 Å². The van der Waals surface area contributed by atoms with Gasteiger partial charge in [-0.15, -0.1) is 11.3 Å². The molecule has 0 amide bonds. The van der Waals surface area contributed by atoms with Crippen LogP contribution in [-0.4, -0.2) is 23.2 Å². The molecule has 0 radical (unpaired) electrons. The van der Waals surface area contributed by atoms with Crippen LogP contribution in [0.2, 0.25) is 0 Å². The average Bonchev–Trinajstić information content (AvgIpc) is 2.99. The molecule has 6 nitrogen and oxygen atoms in total. The van der Waals surface area contributed by atoms with Gasteiger partial charge in [0.25, 0.3) is 0 Å². The molecule has 2 aromatic rings. The fourth-order valence-electron chi connectivity index (χ4n) is 2.12. The van der Waals surface area contributed by atoms with Crippen molar-refractivity contribution in [1.29, 1.82) is 0 Å². The van der Waals surface area contributed by atoms with Crippen molar-refractivity contribution in [2.45, 2.75) is 56.5 Å². The second kappa shape index (κ2) is 5.75. The monoisotopic (exact) mass is 340 g/mol. The lowest BCUT2D eigenvalue weighted by Crippen LogP contribution is -2.26. The van der Waals surface area contributed by atoms with Gasteiger partial charge in [0.1, 0.15) is 4.90 Å². The molecule has 22 heavy (non-hydrogen) atoms. The van der Waals surface area contributed by atoms with Gasteiger partial charge in [0.2, 0.25) is 10.0 Å². The van der Waals surface area contributed by atoms with Crippen LogP contribution in [0.15, 0.2) is 22.7 Å². The van der Waals surface area contributed by atoms with Crippen LogP contribution in [-0.2, 0) is 10.0 Å². The fourth-order valence-corrected chi connectivity index (χ4v) is 4.36. The van der Waals surface area contributed by atoms with E-state index in [-0.39, 0.29) is 17.0 Å². The van der Waals surface area contributed by atoms with E-state index in [9.17, 15) is 8.42 Å². The van der Waals surface area contributed by atoms with Crippen molar-refractivity contribution >= 4 is 21.4 Å². The van der Waals surface area contributed by atoms with Crippen LogP contribution < -0.4 is 4.72 Å². The highest BCUT2D eigenvalue weighted by atomic mass is 32.2. The zero-order chi connectivity index (χ0) is 15.9. The molecule has 1 unspecified atom stereocenters. The Bertz CT molecular complexity index is 759. The van der Waals surface area contributed by atoms with Crippen molar-refractivity contribution in [1.82, 2.24) is 19.5 Å². The molecule has 0 aromatic carbocycles. The van der Waals surface area contributed by atoms with Gasteiger partial charge >= 0.3 is 0 Å². The zero-order valence-corrected chi connectivity index (χ0v) is 14.5. The van der Waals surface area contributed by atoms with E-state index in [1.165, 1.54) is 19.0 Å². The molecule has 3 rings (SSSR count). The number of aromatic nitrogens is 3. The van der Waals surface area contributed by atoms with Gasteiger partial charge < -0.3 is 0 Å². The molecule has 1 atom stereocenters. The van der Waals surface area contributed by atoms with Gasteiger partial charge in [-0.25, -0.2) is 18.1 Å². The Labute approximate surface area is 134 Å². The van der Waals surface area contributed by atoms with Crippen LogP contribution >= 0.6 is 11.3 Å². The summed E-state index contributed by atoms with van der Waals surface area (Å²) in [5.74, 6) is 0.590. The quantitative estimate of drug-likeness (QED) is 0.877. The van der Waals surface area contributed by atoms with Crippen molar-refractivity contribution in [3.05, 3.63) is 28.5 Å². The highest BCUT2D eigenvalue weighted by Crippen LogP contribution is 2.41. The number of nitrogens with zero attached hydrogens (tertiary/aromatic N) is 3. The van der Waals surface area contributed by atoms with Crippen LogP contribution in [0.5, 0.6) is 0 Å². The molecule has 0 bridgehead atoms. The molecule has 2 aromatic heterocycles. The fraction of sp³-hybridized carbons (Fsp3) is 0.571. The molecule has 0 aliphatic heterocycles. The minimum Gasteiger partial charge on any atom is -0.269 e.